The molecule has 2 N–H and O–H groups in total. The quantitative estimate of drug-likeness (QED) is 0.441. The largest absolute Gasteiger partial charge is 0.325 e. The van der Waals surface area contributed by atoms with E-state index in [1.54, 1.807) is 55.4 Å². The van der Waals surface area contributed by atoms with Gasteiger partial charge in [0.25, 0.3) is 0 Å². The highest BCUT2D eigenvalue weighted by Crippen LogP contribution is 2.46. The summed E-state index contributed by atoms with van der Waals surface area (Å²) in [6.07, 6.45) is -0.372. The Morgan fingerprint density at radius 1 is 0.520 bits per heavy atom. The standard InChI is InChI=1S/2C6H15O3PS.3CH4/c2*1-5(2)8-10(7,11)9-6(3)4;;;/h2*5-6H,1-4H3,(H,7,11);3*1H4. The molecule has 0 fully saturated rings. The Labute approximate surface area is 167 Å². The second-order valence-corrected chi connectivity index (χ2v) is 11.0. The Kier molecular flexibility index (Phi) is 25.4. The minimum atomic E-state index is -2.97. The molecule has 0 saturated carbocycles. The first-order valence-corrected chi connectivity index (χ1v) is 12.2. The average molecular weight is 445 g/mol. The molecule has 10 heteroatoms. The maximum Gasteiger partial charge on any atom is 0.325 e. The lowest BCUT2D eigenvalue weighted by Gasteiger charge is -2.19. The first-order chi connectivity index (χ1) is 9.67. The number of rotatable bonds is 8. The van der Waals surface area contributed by atoms with Gasteiger partial charge >= 0.3 is 13.4 Å². The van der Waals surface area contributed by atoms with Crippen LogP contribution in [0.1, 0.15) is 77.7 Å². The number of hydrogen-bond acceptors (Lipinski definition) is 6. The molecule has 0 unspecified atom stereocenters. The molecule has 0 aromatic rings. The summed E-state index contributed by atoms with van der Waals surface area (Å²) in [7, 11) is 0. The molecule has 0 amide bonds. The fourth-order valence-corrected chi connectivity index (χ4v) is 5.41. The van der Waals surface area contributed by atoms with E-state index in [4.69, 9.17) is 41.7 Å². The van der Waals surface area contributed by atoms with E-state index in [1.807, 2.05) is 0 Å². The van der Waals surface area contributed by atoms with Gasteiger partial charge in [0.15, 0.2) is 0 Å². The smallest absolute Gasteiger partial charge is 0.324 e. The van der Waals surface area contributed by atoms with Crippen LogP contribution in [0.4, 0.5) is 0 Å². The van der Waals surface area contributed by atoms with Crippen LogP contribution in [0.2, 0.25) is 0 Å². The van der Waals surface area contributed by atoms with Crippen LogP contribution in [0.15, 0.2) is 0 Å². The van der Waals surface area contributed by atoms with Crippen molar-refractivity contribution in [1.29, 1.82) is 0 Å². The van der Waals surface area contributed by atoms with Crippen LogP contribution >= 0.6 is 13.4 Å². The minimum Gasteiger partial charge on any atom is -0.324 e. The van der Waals surface area contributed by atoms with Crippen LogP contribution in [-0.2, 0) is 41.7 Å². The molecule has 0 atom stereocenters. The zero-order chi connectivity index (χ0) is 18.1. The Balaban J connectivity index is -0.0000000952. The first-order valence-electron chi connectivity index (χ1n) is 7.06. The van der Waals surface area contributed by atoms with Crippen LogP contribution in [0.25, 0.3) is 0 Å². The topological polar surface area (TPSA) is 77.4 Å². The van der Waals surface area contributed by atoms with Gasteiger partial charge in [0, 0.05) is 0 Å². The van der Waals surface area contributed by atoms with E-state index in [9.17, 15) is 9.79 Å². The van der Waals surface area contributed by atoms with E-state index in [2.05, 4.69) is 0 Å². The molecule has 0 rings (SSSR count). The zero-order valence-corrected chi connectivity index (χ0v) is 18.0. The third kappa shape index (κ3) is 30.0. The molecule has 0 bridgehead atoms. The maximum absolute atomic E-state index is 9.34. The second-order valence-electron chi connectivity index (χ2n) is 5.55. The van der Waals surface area contributed by atoms with Gasteiger partial charge in [-0.3, -0.25) is 0 Å². The molecule has 0 spiro atoms. The average Bonchev–Trinajstić information content (AvgIpc) is 2.06. The van der Waals surface area contributed by atoms with Crippen molar-refractivity contribution < 1.29 is 27.9 Å². The van der Waals surface area contributed by atoms with Crippen LogP contribution < -0.4 is 0 Å². The zero-order valence-electron chi connectivity index (χ0n) is 14.5. The molecule has 160 valence electrons. The minimum absolute atomic E-state index is 0. The summed E-state index contributed by atoms with van der Waals surface area (Å²) in [5.74, 6) is 0. The molecule has 0 aliphatic heterocycles. The lowest BCUT2D eigenvalue weighted by Crippen LogP contribution is -2.06. The summed E-state index contributed by atoms with van der Waals surface area (Å²) >= 11 is 9.44. The first kappa shape index (κ1) is 36.9. The van der Waals surface area contributed by atoms with Gasteiger partial charge in [-0.1, -0.05) is 22.3 Å². The Morgan fingerprint density at radius 2 is 0.640 bits per heavy atom. The fourth-order valence-electron chi connectivity index (χ4n) is 1.12. The third-order valence-corrected chi connectivity index (χ3v) is 5.16. The van der Waals surface area contributed by atoms with Crippen molar-refractivity contribution >= 4 is 37.1 Å². The molecular weight excluding hydrogens is 402 g/mol. The van der Waals surface area contributed by atoms with Crippen molar-refractivity contribution in [1.82, 2.24) is 0 Å². The molecule has 0 aromatic heterocycles. The maximum atomic E-state index is 9.34. The summed E-state index contributed by atoms with van der Waals surface area (Å²) in [5.41, 5.74) is 0. The molecule has 25 heavy (non-hydrogen) atoms. The lowest BCUT2D eigenvalue weighted by molar-refractivity contribution is 0.135. The molecule has 0 aliphatic carbocycles. The van der Waals surface area contributed by atoms with E-state index in [-0.39, 0.29) is 46.7 Å². The van der Waals surface area contributed by atoms with Crippen LogP contribution in [0.5, 0.6) is 0 Å². The molecule has 0 heterocycles. The van der Waals surface area contributed by atoms with Gasteiger partial charge in [-0.2, -0.15) is 0 Å². The van der Waals surface area contributed by atoms with E-state index in [0.717, 1.165) is 0 Å². The Morgan fingerprint density at radius 3 is 0.720 bits per heavy atom. The van der Waals surface area contributed by atoms with E-state index in [1.165, 1.54) is 0 Å². The highest BCUT2D eigenvalue weighted by molar-refractivity contribution is 8.07. The van der Waals surface area contributed by atoms with E-state index < -0.39 is 13.4 Å². The highest BCUT2D eigenvalue weighted by Gasteiger charge is 2.18. The van der Waals surface area contributed by atoms with Gasteiger partial charge in [0.05, 0.1) is 24.4 Å². The van der Waals surface area contributed by atoms with Crippen molar-refractivity contribution in [2.45, 2.75) is 102 Å². The summed E-state index contributed by atoms with van der Waals surface area (Å²) in [6, 6.07) is 0. The van der Waals surface area contributed by atoms with Gasteiger partial charge in [0.1, 0.15) is 0 Å². The lowest BCUT2D eigenvalue weighted by atomic mass is 10.5. The molecule has 0 radical (unpaired) electrons. The van der Waals surface area contributed by atoms with Crippen molar-refractivity contribution in [2.24, 2.45) is 0 Å². The molecule has 0 aromatic carbocycles. The second kappa shape index (κ2) is 17.2. The molecule has 0 saturated heterocycles. The van der Waals surface area contributed by atoms with Gasteiger partial charge in [-0.05, 0) is 79.0 Å². The number of hydrogen-bond donors (Lipinski definition) is 2. The third-order valence-electron chi connectivity index (χ3n) is 1.38. The summed E-state index contributed by atoms with van der Waals surface area (Å²) in [4.78, 5) is 18.7. The van der Waals surface area contributed by atoms with Crippen molar-refractivity contribution in [3.63, 3.8) is 0 Å². The SMILES string of the molecule is C.C.C.CC(C)OP(O)(=S)OC(C)C.CC(C)OP(O)(=S)OC(C)C. The van der Waals surface area contributed by atoms with Gasteiger partial charge in [0.2, 0.25) is 0 Å². The van der Waals surface area contributed by atoms with E-state index in [0.29, 0.717) is 0 Å². The molecule has 0 aliphatic rings. The molecule has 6 nitrogen and oxygen atoms in total. The van der Waals surface area contributed by atoms with Crippen molar-refractivity contribution in [2.75, 3.05) is 0 Å². The monoisotopic (exact) mass is 444 g/mol. The van der Waals surface area contributed by atoms with Gasteiger partial charge < -0.3 is 27.9 Å². The summed E-state index contributed by atoms with van der Waals surface area (Å²) < 4.78 is 20.0. The Hall–Kier alpha value is 1.06. The van der Waals surface area contributed by atoms with Crippen molar-refractivity contribution in [3.05, 3.63) is 0 Å². The predicted molar refractivity (Wildman–Crippen MR) is 118 cm³/mol. The normalized spacial score (nSPS) is 11.4. The summed E-state index contributed by atoms with van der Waals surface area (Å²) in [6.45, 7) is 8.51. The van der Waals surface area contributed by atoms with Crippen molar-refractivity contribution in [3.8, 4) is 0 Å². The highest BCUT2D eigenvalue weighted by atomic mass is 32.5. The van der Waals surface area contributed by atoms with E-state index >= 15 is 0 Å². The predicted octanol–water partition coefficient (Wildman–Crippen LogP) is 6.01. The van der Waals surface area contributed by atoms with Crippen LogP contribution in [-0.4, -0.2) is 34.2 Å². The van der Waals surface area contributed by atoms with Gasteiger partial charge in [-0.25, -0.2) is 0 Å². The fraction of sp³-hybridized carbons (Fsp3) is 1.00. The molecular formula is C15H42O6P2S2. The summed E-state index contributed by atoms with van der Waals surface area (Å²) in [5, 5.41) is 0. The van der Waals surface area contributed by atoms with Gasteiger partial charge in [-0.15, -0.1) is 0 Å². The van der Waals surface area contributed by atoms with Crippen LogP contribution in [0.3, 0.4) is 0 Å². The Bertz CT molecular complexity index is 326. The van der Waals surface area contributed by atoms with Crippen LogP contribution in [0, 0.1) is 0 Å².